The Kier molecular flexibility index (Phi) is 3.52. The number of H-pyrrole nitrogens is 1. The van der Waals surface area contributed by atoms with Crippen LogP contribution in [0.4, 0.5) is 0 Å². The Morgan fingerprint density at radius 2 is 2.17 bits per heavy atom. The maximum Gasteiger partial charge on any atom is 0.343 e. The van der Waals surface area contributed by atoms with Crippen LogP contribution in [0.5, 0.6) is 0 Å². The lowest BCUT2D eigenvalue weighted by molar-refractivity contribution is 0.660. The highest BCUT2D eigenvalue weighted by molar-refractivity contribution is 7.99. The average Bonchev–Trinajstić information content (AvgIpc) is 2.70. The van der Waals surface area contributed by atoms with Crippen LogP contribution in [0.25, 0.3) is 0 Å². The molecule has 0 fully saturated rings. The summed E-state index contributed by atoms with van der Waals surface area (Å²) in [5.74, 6) is 0.0387. The van der Waals surface area contributed by atoms with Gasteiger partial charge in [0.25, 0.3) is 0 Å². The van der Waals surface area contributed by atoms with Crippen molar-refractivity contribution in [3.63, 3.8) is 0 Å². The minimum atomic E-state index is -0.208. The Morgan fingerprint density at radius 3 is 2.72 bits per heavy atom. The van der Waals surface area contributed by atoms with Crippen molar-refractivity contribution in [2.75, 3.05) is 0 Å². The van der Waals surface area contributed by atoms with Crippen LogP contribution < -0.4 is 11.4 Å². The molecular weight excluding hydrogens is 250 g/mol. The van der Waals surface area contributed by atoms with Gasteiger partial charge in [-0.25, -0.2) is 9.89 Å². The van der Waals surface area contributed by atoms with E-state index in [1.54, 1.807) is 16.7 Å². The molecule has 0 amide bonds. The Hall–Kier alpha value is -2.02. The minimum Gasteiger partial charge on any atom is -0.384 e. The molecule has 0 unspecified atom stereocenters. The van der Waals surface area contributed by atoms with Gasteiger partial charge in [-0.2, -0.15) is 0 Å². The third-order valence-corrected chi connectivity index (χ3v) is 3.42. The zero-order chi connectivity index (χ0) is 13.1. The first-order valence-electron chi connectivity index (χ1n) is 5.39. The fourth-order valence-corrected chi connectivity index (χ4v) is 2.36. The molecule has 2 rings (SSSR count). The normalized spacial score (nSPS) is 10.5. The van der Waals surface area contributed by atoms with Gasteiger partial charge in [-0.05, 0) is 30.8 Å². The van der Waals surface area contributed by atoms with E-state index in [1.165, 1.54) is 11.8 Å². The standard InChI is InChI=1S/C11H13N5OS/c1-2-16-10(17)14-15-11(16)18-8-5-3-7(4-6-8)9(12)13/h3-6H,2H2,1H3,(H3,12,13)(H,14,17). The van der Waals surface area contributed by atoms with E-state index in [0.717, 1.165) is 4.90 Å². The average molecular weight is 263 g/mol. The third kappa shape index (κ3) is 2.45. The van der Waals surface area contributed by atoms with Gasteiger partial charge < -0.3 is 5.73 Å². The van der Waals surface area contributed by atoms with Crippen molar-refractivity contribution in [1.29, 1.82) is 5.41 Å². The molecule has 4 N–H and O–H groups in total. The Bertz CT molecular complexity index is 613. The van der Waals surface area contributed by atoms with Gasteiger partial charge >= 0.3 is 5.69 Å². The number of hydrogen-bond donors (Lipinski definition) is 3. The van der Waals surface area contributed by atoms with Gasteiger partial charge in [-0.15, -0.1) is 5.10 Å². The van der Waals surface area contributed by atoms with Crippen LogP contribution in [0.15, 0.2) is 39.1 Å². The van der Waals surface area contributed by atoms with E-state index < -0.39 is 0 Å². The number of aromatic amines is 1. The topological polar surface area (TPSA) is 101 Å². The summed E-state index contributed by atoms with van der Waals surface area (Å²) in [6.07, 6.45) is 0. The lowest BCUT2D eigenvalue weighted by Gasteiger charge is -2.03. The van der Waals surface area contributed by atoms with Crippen LogP contribution in [0.2, 0.25) is 0 Å². The van der Waals surface area contributed by atoms with Crippen molar-refractivity contribution in [1.82, 2.24) is 14.8 Å². The van der Waals surface area contributed by atoms with Crippen LogP contribution >= 0.6 is 11.8 Å². The molecule has 0 aliphatic heterocycles. The van der Waals surface area contributed by atoms with E-state index in [2.05, 4.69) is 10.2 Å². The SMILES string of the molecule is CCn1c(Sc2ccc(C(=N)N)cc2)n[nH]c1=O. The van der Waals surface area contributed by atoms with E-state index in [9.17, 15) is 4.79 Å². The van der Waals surface area contributed by atoms with Crippen LogP contribution in [-0.2, 0) is 6.54 Å². The summed E-state index contributed by atoms with van der Waals surface area (Å²) in [6.45, 7) is 2.46. The third-order valence-electron chi connectivity index (χ3n) is 2.41. The largest absolute Gasteiger partial charge is 0.384 e. The molecule has 0 spiro atoms. The van der Waals surface area contributed by atoms with Crippen LogP contribution in [0.3, 0.4) is 0 Å². The van der Waals surface area contributed by atoms with E-state index >= 15 is 0 Å². The molecule has 0 aliphatic rings. The fraction of sp³-hybridized carbons (Fsp3) is 0.182. The lowest BCUT2D eigenvalue weighted by Crippen LogP contribution is -2.16. The minimum absolute atomic E-state index is 0.0387. The molecule has 0 saturated heterocycles. The molecule has 0 saturated carbocycles. The summed E-state index contributed by atoms with van der Waals surface area (Å²) < 4.78 is 1.56. The predicted octanol–water partition coefficient (Wildman–Crippen LogP) is 1.03. The molecular formula is C11H13N5OS. The van der Waals surface area contributed by atoms with Gasteiger partial charge in [-0.1, -0.05) is 12.1 Å². The lowest BCUT2D eigenvalue weighted by atomic mass is 10.2. The van der Waals surface area contributed by atoms with Gasteiger partial charge in [0.2, 0.25) is 0 Å². The number of amidine groups is 1. The second-order valence-corrected chi connectivity index (χ2v) is 4.64. The van der Waals surface area contributed by atoms with Crippen LogP contribution in [0, 0.1) is 5.41 Å². The monoisotopic (exact) mass is 263 g/mol. The number of nitrogens with zero attached hydrogens (tertiary/aromatic N) is 2. The Labute approximate surface area is 108 Å². The Morgan fingerprint density at radius 1 is 1.50 bits per heavy atom. The molecule has 0 bridgehead atoms. The molecule has 0 atom stereocenters. The second-order valence-electron chi connectivity index (χ2n) is 3.60. The van der Waals surface area contributed by atoms with Gasteiger partial charge in [0.1, 0.15) is 5.84 Å². The first-order valence-corrected chi connectivity index (χ1v) is 6.21. The number of benzene rings is 1. The zero-order valence-electron chi connectivity index (χ0n) is 9.80. The molecule has 0 radical (unpaired) electrons. The van der Waals surface area contributed by atoms with Gasteiger partial charge in [0.15, 0.2) is 5.16 Å². The highest BCUT2D eigenvalue weighted by Crippen LogP contribution is 2.24. The quantitative estimate of drug-likeness (QED) is 0.566. The van der Waals surface area contributed by atoms with E-state index in [1.807, 2.05) is 19.1 Å². The first-order chi connectivity index (χ1) is 8.61. The maximum absolute atomic E-state index is 11.4. The fourth-order valence-electron chi connectivity index (χ4n) is 1.47. The molecule has 1 aromatic heterocycles. The van der Waals surface area contributed by atoms with Crippen molar-refractivity contribution in [3.8, 4) is 0 Å². The van der Waals surface area contributed by atoms with Crippen LogP contribution in [-0.4, -0.2) is 20.6 Å². The summed E-state index contributed by atoms with van der Waals surface area (Å²) in [6, 6.07) is 7.23. The molecule has 2 aromatic rings. The molecule has 94 valence electrons. The molecule has 7 heteroatoms. The maximum atomic E-state index is 11.4. The summed E-state index contributed by atoms with van der Waals surface area (Å²) in [5, 5.41) is 14.3. The molecule has 18 heavy (non-hydrogen) atoms. The highest BCUT2D eigenvalue weighted by Gasteiger charge is 2.08. The van der Waals surface area contributed by atoms with Gasteiger partial charge in [0, 0.05) is 17.0 Å². The molecule has 0 aliphatic carbocycles. The number of hydrogen-bond acceptors (Lipinski definition) is 4. The number of rotatable bonds is 4. The van der Waals surface area contributed by atoms with Crippen LogP contribution in [0.1, 0.15) is 12.5 Å². The summed E-state index contributed by atoms with van der Waals surface area (Å²) in [7, 11) is 0. The smallest absolute Gasteiger partial charge is 0.343 e. The molecule has 6 nitrogen and oxygen atoms in total. The second kappa shape index (κ2) is 5.09. The van der Waals surface area contributed by atoms with Gasteiger partial charge in [-0.3, -0.25) is 9.98 Å². The van der Waals surface area contributed by atoms with Crippen molar-refractivity contribution in [3.05, 3.63) is 40.3 Å². The van der Waals surface area contributed by atoms with E-state index in [-0.39, 0.29) is 11.5 Å². The van der Waals surface area contributed by atoms with E-state index in [0.29, 0.717) is 17.3 Å². The summed E-state index contributed by atoms with van der Waals surface area (Å²) in [5.41, 5.74) is 5.85. The Balaban J connectivity index is 2.23. The van der Waals surface area contributed by atoms with Crippen molar-refractivity contribution in [2.24, 2.45) is 5.73 Å². The van der Waals surface area contributed by atoms with Crippen molar-refractivity contribution >= 4 is 17.6 Å². The molecule has 1 heterocycles. The van der Waals surface area contributed by atoms with Crippen molar-refractivity contribution in [2.45, 2.75) is 23.5 Å². The summed E-state index contributed by atoms with van der Waals surface area (Å²) >= 11 is 1.39. The number of aromatic nitrogens is 3. The number of nitrogens with one attached hydrogen (secondary N) is 2. The first kappa shape index (κ1) is 12.4. The molecule has 1 aromatic carbocycles. The number of nitrogen functional groups attached to an aromatic ring is 1. The van der Waals surface area contributed by atoms with Crippen molar-refractivity contribution < 1.29 is 0 Å². The van der Waals surface area contributed by atoms with Gasteiger partial charge in [0.05, 0.1) is 0 Å². The highest BCUT2D eigenvalue weighted by atomic mass is 32.2. The summed E-state index contributed by atoms with van der Waals surface area (Å²) in [4.78, 5) is 12.3. The van der Waals surface area contributed by atoms with E-state index in [4.69, 9.17) is 11.1 Å². The zero-order valence-corrected chi connectivity index (χ0v) is 10.6. The number of nitrogens with two attached hydrogens (primary N) is 1. The predicted molar refractivity (Wildman–Crippen MR) is 70.1 cm³/mol.